The Labute approximate surface area is 153 Å². The summed E-state index contributed by atoms with van der Waals surface area (Å²) in [4.78, 5) is 14.9. The number of halogens is 3. The maximum absolute atomic E-state index is 12.9. The summed E-state index contributed by atoms with van der Waals surface area (Å²) >= 11 is 12.1. The van der Waals surface area contributed by atoms with Gasteiger partial charge in [0.2, 0.25) is 0 Å². The van der Waals surface area contributed by atoms with Gasteiger partial charge in [-0.2, -0.15) is 0 Å². The number of nitrogens with zero attached hydrogens (tertiary/aromatic N) is 1. The van der Waals surface area contributed by atoms with E-state index in [1.807, 2.05) is 49.3 Å². The van der Waals surface area contributed by atoms with Crippen molar-refractivity contribution in [2.75, 3.05) is 20.6 Å². The predicted octanol–water partition coefficient (Wildman–Crippen LogP) is 5.02. The quantitative estimate of drug-likeness (QED) is 0.664. The van der Waals surface area contributed by atoms with Crippen LogP contribution in [-0.2, 0) is 6.42 Å². The average molecular weight is 373 g/mol. The van der Waals surface area contributed by atoms with Gasteiger partial charge < -0.3 is 4.90 Å². The summed E-state index contributed by atoms with van der Waals surface area (Å²) in [5.41, 5.74) is 1.68. The molecule has 0 radical (unpaired) electrons. The first-order valence-corrected chi connectivity index (χ1v) is 7.91. The minimum absolute atomic E-state index is 0. The molecule has 0 heterocycles. The molecule has 0 amide bonds. The standard InChI is InChI=1S/C18H19Cl2NO.ClH/c1-21(2)12-14(10-13-6-4-3-5-7-13)18(22)16-9-8-15(19)11-17(16)20;/h3-9,11,14H,10,12H2,1-2H3;1H/t14-;/m0./s1. The van der Waals surface area contributed by atoms with Crippen LogP contribution in [0.3, 0.4) is 0 Å². The first kappa shape index (κ1) is 20.0. The fraction of sp³-hybridized carbons (Fsp3) is 0.278. The first-order chi connectivity index (χ1) is 10.5. The Kier molecular flexibility index (Phi) is 8.07. The SMILES string of the molecule is CN(C)C[C@H](Cc1ccccc1)C(=O)c1ccc(Cl)cc1Cl.Cl. The number of ketones is 1. The van der Waals surface area contributed by atoms with Gasteiger partial charge in [0.05, 0.1) is 5.02 Å². The number of hydrogen-bond donors (Lipinski definition) is 0. The number of carbonyl (C=O) groups excluding carboxylic acids is 1. The molecule has 124 valence electrons. The Balaban J connectivity index is 0.00000264. The Morgan fingerprint density at radius 2 is 1.74 bits per heavy atom. The summed E-state index contributed by atoms with van der Waals surface area (Å²) in [6, 6.07) is 15.1. The molecule has 0 N–H and O–H groups in total. The molecule has 0 fully saturated rings. The zero-order valence-corrected chi connectivity index (χ0v) is 15.5. The van der Waals surface area contributed by atoms with Gasteiger partial charge in [-0.1, -0.05) is 53.5 Å². The van der Waals surface area contributed by atoms with Crippen molar-refractivity contribution in [3.05, 3.63) is 69.7 Å². The summed E-state index contributed by atoms with van der Waals surface area (Å²) < 4.78 is 0. The Hall–Kier alpha value is -1.06. The van der Waals surface area contributed by atoms with Crippen LogP contribution < -0.4 is 0 Å². The summed E-state index contributed by atoms with van der Waals surface area (Å²) in [6.07, 6.45) is 0.691. The molecule has 2 aromatic carbocycles. The Bertz CT molecular complexity index is 644. The van der Waals surface area contributed by atoms with Crippen molar-refractivity contribution in [2.24, 2.45) is 5.92 Å². The van der Waals surface area contributed by atoms with E-state index in [1.165, 1.54) is 0 Å². The minimum atomic E-state index is -0.143. The van der Waals surface area contributed by atoms with Gasteiger partial charge in [0.15, 0.2) is 5.78 Å². The van der Waals surface area contributed by atoms with E-state index in [0.29, 0.717) is 28.6 Å². The lowest BCUT2D eigenvalue weighted by molar-refractivity contribution is 0.0897. The highest BCUT2D eigenvalue weighted by Crippen LogP contribution is 2.25. The molecule has 2 aromatic rings. The molecule has 0 aromatic heterocycles. The van der Waals surface area contributed by atoms with Crippen LogP contribution in [0.4, 0.5) is 0 Å². The highest BCUT2D eigenvalue weighted by Gasteiger charge is 2.23. The van der Waals surface area contributed by atoms with Crippen LogP contribution in [0.2, 0.25) is 10.0 Å². The minimum Gasteiger partial charge on any atom is -0.309 e. The lowest BCUT2D eigenvalue weighted by Gasteiger charge is -2.21. The molecule has 0 unspecified atom stereocenters. The molecule has 0 saturated carbocycles. The molecule has 0 aliphatic heterocycles. The molecule has 2 nitrogen and oxygen atoms in total. The molecule has 2 rings (SSSR count). The summed E-state index contributed by atoms with van der Waals surface area (Å²) in [6.45, 7) is 0.673. The molecule has 5 heteroatoms. The Morgan fingerprint density at radius 1 is 1.09 bits per heavy atom. The van der Waals surface area contributed by atoms with Crippen LogP contribution in [-0.4, -0.2) is 31.3 Å². The van der Waals surface area contributed by atoms with Crippen LogP contribution in [0.5, 0.6) is 0 Å². The van der Waals surface area contributed by atoms with Gasteiger partial charge in [0, 0.05) is 23.0 Å². The fourth-order valence-electron chi connectivity index (χ4n) is 2.49. The number of rotatable bonds is 6. The first-order valence-electron chi connectivity index (χ1n) is 7.15. The van der Waals surface area contributed by atoms with E-state index in [4.69, 9.17) is 23.2 Å². The maximum atomic E-state index is 12.9. The van der Waals surface area contributed by atoms with E-state index in [9.17, 15) is 4.79 Å². The van der Waals surface area contributed by atoms with Crippen molar-refractivity contribution in [1.29, 1.82) is 0 Å². The number of Topliss-reactive ketones (excluding diaryl/α,β-unsaturated/α-hetero) is 1. The molecular formula is C18H20Cl3NO. The van der Waals surface area contributed by atoms with Gasteiger partial charge in [-0.25, -0.2) is 0 Å². The van der Waals surface area contributed by atoms with Crippen LogP contribution in [0.1, 0.15) is 15.9 Å². The van der Waals surface area contributed by atoms with E-state index in [1.54, 1.807) is 18.2 Å². The van der Waals surface area contributed by atoms with Crippen molar-refractivity contribution in [3.8, 4) is 0 Å². The topological polar surface area (TPSA) is 20.3 Å². The zero-order valence-electron chi connectivity index (χ0n) is 13.1. The monoisotopic (exact) mass is 371 g/mol. The largest absolute Gasteiger partial charge is 0.309 e. The second kappa shape index (κ2) is 9.29. The van der Waals surface area contributed by atoms with Gasteiger partial charge in [0.25, 0.3) is 0 Å². The van der Waals surface area contributed by atoms with Crippen molar-refractivity contribution in [3.63, 3.8) is 0 Å². The van der Waals surface area contributed by atoms with Gasteiger partial charge in [0.1, 0.15) is 0 Å². The molecule has 23 heavy (non-hydrogen) atoms. The van der Waals surface area contributed by atoms with Crippen molar-refractivity contribution in [1.82, 2.24) is 4.90 Å². The van der Waals surface area contributed by atoms with Crippen LogP contribution in [0.15, 0.2) is 48.5 Å². The van der Waals surface area contributed by atoms with Crippen molar-refractivity contribution < 1.29 is 4.79 Å². The lowest BCUT2D eigenvalue weighted by atomic mass is 9.91. The zero-order chi connectivity index (χ0) is 16.1. The number of hydrogen-bond acceptors (Lipinski definition) is 2. The van der Waals surface area contributed by atoms with Crippen LogP contribution >= 0.6 is 35.6 Å². The molecule has 0 aliphatic carbocycles. The third-order valence-corrected chi connectivity index (χ3v) is 4.03. The second-order valence-electron chi connectivity index (χ2n) is 5.64. The fourth-order valence-corrected chi connectivity index (χ4v) is 2.99. The van der Waals surface area contributed by atoms with E-state index in [0.717, 1.165) is 5.56 Å². The second-order valence-corrected chi connectivity index (χ2v) is 6.48. The smallest absolute Gasteiger partial charge is 0.169 e. The molecule has 0 saturated heterocycles. The molecule has 0 spiro atoms. The summed E-state index contributed by atoms with van der Waals surface area (Å²) in [5, 5.41) is 0.947. The van der Waals surface area contributed by atoms with Gasteiger partial charge in [-0.3, -0.25) is 4.79 Å². The van der Waals surface area contributed by atoms with Crippen molar-refractivity contribution >= 4 is 41.4 Å². The highest BCUT2D eigenvalue weighted by atomic mass is 35.5. The van der Waals surface area contributed by atoms with E-state index in [2.05, 4.69) is 0 Å². The third kappa shape index (κ3) is 5.82. The van der Waals surface area contributed by atoms with Crippen LogP contribution in [0.25, 0.3) is 0 Å². The molecule has 0 aliphatic rings. The van der Waals surface area contributed by atoms with E-state index in [-0.39, 0.29) is 24.1 Å². The Morgan fingerprint density at radius 3 is 2.30 bits per heavy atom. The normalized spacial score (nSPS) is 11.9. The summed E-state index contributed by atoms with van der Waals surface area (Å²) in [7, 11) is 3.93. The van der Waals surface area contributed by atoms with Gasteiger partial charge in [-0.05, 0) is 44.3 Å². The average Bonchev–Trinajstić information content (AvgIpc) is 2.46. The lowest BCUT2D eigenvalue weighted by Crippen LogP contribution is -2.29. The summed E-state index contributed by atoms with van der Waals surface area (Å²) in [5.74, 6) is -0.0877. The predicted molar refractivity (Wildman–Crippen MR) is 100 cm³/mol. The van der Waals surface area contributed by atoms with Gasteiger partial charge in [-0.15, -0.1) is 12.4 Å². The van der Waals surface area contributed by atoms with E-state index >= 15 is 0 Å². The van der Waals surface area contributed by atoms with E-state index < -0.39 is 0 Å². The number of carbonyl (C=O) groups is 1. The molecule has 0 bridgehead atoms. The highest BCUT2D eigenvalue weighted by molar-refractivity contribution is 6.36. The maximum Gasteiger partial charge on any atom is 0.169 e. The van der Waals surface area contributed by atoms with Crippen molar-refractivity contribution in [2.45, 2.75) is 6.42 Å². The molecule has 1 atom stereocenters. The van der Waals surface area contributed by atoms with Gasteiger partial charge >= 0.3 is 0 Å². The number of benzene rings is 2. The molecular weight excluding hydrogens is 353 g/mol. The third-order valence-electron chi connectivity index (χ3n) is 3.48. The van der Waals surface area contributed by atoms with Crippen LogP contribution in [0, 0.1) is 5.92 Å².